The Kier molecular flexibility index (Phi) is 6.86. The second-order valence-corrected chi connectivity index (χ2v) is 7.72. The van der Waals surface area contributed by atoms with Gasteiger partial charge in [0.2, 0.25) is 10.0 Å². The summed E-state index contributed by atoms with van der Waals surface area (Å²) in [4.78, 5) is 12.8. The van der Waals surface area contributed by atoms with Gasteiger partial charge in [-0.1, -0.05) is 18.2 Å². The first-order chi connectivity index (χ1) is 11.9. The number of thioether (sulfide) groups is 1. The molecule has 0 aliphatic carbocycles. The van der Waals surface area contributed by atoms with Crippen LogP contribution in [-0.2, 0) is 19.6 Å². The molecule has 0 fully saturated rings. The van der Waals surface area contributed by atoms with E-state index in [1.54, 1.807) is 0 Å². The van der Waals surface area contributed by atoms with E-state index in [0.29, 0.717) is 5.75 Å². The summed E-state index contributed by atoms with van der Waals surface area (Å²) in [6.07, 6.45) is 0. The highest BCUT2D eigenvalue weighted by atomic mass is 32.2. The molecular formula is C17H19NO5S2. The van der Waals surface area contributed by atoms with Gasteiger partial charge in [0.1, 0.15) is 19.0 Å². The Morgan fingerprint density at radius 2 is 1.76 bits per heavy atom. The van der Waals surface area contributed by atoms with Gasteiger partial charge in [-0.25, -0.2) is 13.6 Å². The molecule has 0 aliphatic heterocycles. The Labute approximate surface area is 151 Å². The van der Waals surface area contributed by atoms with E-state index in [1.807, 2.05) is 31.2 Å². The largest absolute Gasteiger partial charge is 0.490 e. The van der Waals surface area contributed by atoms with Crippen LogP contribution in [0.3, 0.4) is 0 Å². The maximum atomic E-state index is 11.7. The van der Waals surface area contributed by atoms with Crippen LogP contribution in [0.25, 0.3) is 0 Å². The highest BCUT2D eigenvalue weighted by Crippen LogP contribution is 2.21. The fraction of sp³-hybridized carbons (Fsp3) is 0.235. The molecule has 0 heterocycles. The molecule has 2 rings (SSSR count). The zero-order valence-corrected chi connectivity index (χ0v) is 15.3. The van der Waals surface area contributed by atoms with Crippen LogP contribution in [0.2, 0.25) is 0 Å². The van der Waals surface area contributed by atoms with Crippen LogP contribution in [-0.4, -0.2) is 33.4 Å². The third kappa shape index (κ3) is 6.41. The van der Waals surface area contributed by atoms with Gasteiger partial charge < -0.3 is 9.47 Å². The summed E-state index contributed by atoms with van der Waals surface area (Å²) in [7, 11) is -3.72. The van der Waals surface area contributed by atoms with Crippen LogP contribution in [0.5, 0.6) is 5.75 Å². The zero-order valence-electron chi connectivity index (χ0n) is 13.7. The average Bonchev–Trinajstić information content (AvgIpc) is 2.57. The Morgan fingerprint density at radius 1 is 1.08 bits per heavy atom. The van der Waals surface area contributed by atoms with Gasteiger partial charge in [-0.2, -0.15) is 0 Å². The Balaban J connectivity index is 1.69. The van der Waals surface area contributed by atoms with Crippen molar-refractivity contribution >= 4 is 27.8 Å². The second kappa shape index (κ2) is 8.89. The lowest BCUT2D eigenvalue weighted by Crippen LogP contribution is -2.14. The topological polar surface area (TPSA) is 95.7 Å². The number of aryl methyl sites for hydroxylation is 1. The molecule has 0 aromatic heterocycles. The number of sulfonamides is 1. The molecule has 2 aromatic carbocycles. The number of carbonyl (C=O) groups excluding carboxylic acids is 1. The number of nitrogens with two attached hydrogens (primary N) is 1. The number of hydrogen-bond donors (Lipinski definition) is 1. The lowest BCUT2D eigenvalue weighted by molar-refractivity contribution is -0.141. The molecule has 0 radical (unpaired) electrons. The molecule has 134 valence electrons. The van der Waals surface area contributed by atoms with Crippen LogP contribution < -0.4 is 9.88 Å². The monoisotopic (exact) mass is 381 g/mol. The van der Waals surface area contributed by atoms with Crippen molar-refractivity contribution < 1.29 is 22.7 Å². The minimum absolute atomic E-state index is 0.0134. The van der Waals surface area contributed by atoms with Gasteiger partial charge in [0.25, 0.3) is 0 Å². The van der Waals surface area contributed by atoms with Crippen molar-refractivity contribution in [1.82, 2.24) is 0 Å². The van der Waals surface area contributed by atoms with E-state index in [0.717, 1.165) is 10.5 Å². The Morgan fingerprint density at radius 3 is 2.40 bits per heavy atom. The molecule has 2 aromatic rings. The van der Waals surface area contributed by atoms with E-state index >= 15 is 0 Å². The average molecular weight is 381 g/mol. The smallest absolute Gasteiger partial charge is 0.316 e. The second-order valence-electron chi connectivity index (χ2n) is 5.14. The number of ether oxygens (including phenoxy) is 2. The van der Waals surface area contributed by atoms with Crippen molar-refractivity contribution in [2.75, 3.05) is 19.0 Å². The molecule has 25 heavy (non-hydrogen) atoms. The third-order valence-electron chi connectivity index (χ3n) is 3.21. The van der Waals surface area contributed by atoms with Crippen LogP contribution in [0.15, 0.2) is 58.3 Å². The highest BCUT2D eigenvalue weighted by molar-refractivity contribution is 8.00. The van der Waals surface area contributed by atoms with Crippen LogP contribution in [0.4, 0.5) is 0 Å². The predicted octanol–water partition coefficient (Wildman–Crippen LogP) is 2.36. The zero-order chi connectivity index (χ0) is 18.3. The summed E-state index contributed by atoms with van der Waals surface area (Å²) in [5.74, 6) is 0.382. The first-order valence-electron chi connectivity index (χ1n) is 7.46. The van der Waals surface area contributed by atoms with Gasteiger partial charge in [0.15, 0.2) is 0 Å². The summed E-state index contributed by atoms with van der Waals surface area (Å²) in [5, 5.41) is 5.01. The van der Waals surface area contributed by atoms with Crippen molar-refractivity contribution in [2.24, 2.45) is 5.14 Å². The van der Waals surface area contributed by atoms with Crippen LogP contribution in [0, 0.1) is 6.92 Å². The summed E-state index contributed by atoms with van der Waals surface area (Å²) < 4.78 is 32.8. The van der Waals surface area contributed by atoms with E-state index in [9.17, 15) is 13.2 Å². The van der Waals surface area contributed by atoms with Crippen molar-refractivity contribution in [1.29, 1.82) is 0 Å². The number of benzene rings is 2. The Bertz CT molecular complexity index is 819. The van der Waals surface area contributed by atoms with Crippen molar-refractivity contribution in [3.8, 4) is 5.75 Å². The molecule has 0 saturated carbocycles. The molecule has 0 aliphatic rings. The number of esters is 1. The summed E-state index contributed by atoms with van der Waals surface area (Å²) in [6, 6.07) is 13.5. The van der Waals surface area contributed by atoms with E-state index in [4.69, 9.17) is 14.6 Å². The quantitative estimate of drug-likeness (QED) is 0.428. The maximum absolute atomic E-state index is 11.7. The molecule has 0 amide bonds. The SMILES string of the molecule is Cc1ccccc1SCC(=O)OCCOc1ccc(S(N)(=O)=O)cc1. The van der Waals surface area contributed by atoms with Crippen molar-refractivity contribution in [2.45, 2.75) is 16.7 Å². The highest BCUT2D eigenvalue weighted by Gasteiger charge is 2.08. The fourth-order valence-electron chi connectivity index (χ4n) is 1.94. The summed E-state index contributed by atoms with van der Waals surface area (Å²) >= 11 is 1.43. The molecular weight excluding hydrogens is 362 g/mol. The molecule has 0 spiro atoms. The van der Waals surface area contributed by atoms with E-state index in [-0.39, 0.29) is 29.8 Å². The van der Waals surface area contributed by atoms with Crippen LogP contribution in [0.1, 0.15) is 5.56 Å². The van der Waals surface area contributed by atoms with Gasteiger partial charge in [-0.3, -0.25) is 4.79 Å². The molecule has 0 saturated heterocycles. The van der Waals surface area contributed by atoms with Gasteiger partial charge in [0, 0.05) is 4.90 Å². The molecule has 0 unspecified atom stereocenters. The molecule has 0 bridgehead atoms. The standard InChI is InChI=1S/C17H19NO5S2/c1-13-4-2-3-5-16(13)24-12-17(19)23-11-10-22-14-6-8-15(9-7-14)25(18,20)21/h2-9H,10-12H2,1H3,(H2,18,20,21). The van der Waals surface area contributed by atoms with Crippen LogP contribution >= 0.6 is 11.8 Å². The first kappa shape index (κ1) is 19.3. The molecule has 8 heteroatoms. The van der Waals surface area contributed by atoms with Gasteiger partial charge in [-0.15, -0.1) is 11.8 Å². The van der Waals surface area contributed by atoms with Gasteiger partial charge in [0.05, 0.1) is 10.6 Å². The first-order valence-corrected chi connectivity index (χ1v) is 9.99. The number of hydrogen-bond acceptors (Lipinski definition) is 6. The normalized spacial score (nSPS) is 11.1. The summed E-state index contributed by atoms with van der Waals surface area (Å²) in [6.45, 7) is 2.28. The number of primary sulfonamides is 1. The number of carbonyl (C=O) groups is 1. The third-order valence-corrected chi connectivity index (χ3v) is 5.28. The van der Waals surface area contributed by atoms with E-state index in [1.165, 1.54) is 36.0 Å². The molecule has 0 atom stereocenters. The van der Waals surface area contributed by atoms with E-state index < -0.39 is 10.0 Å². The predicted molar refractivity (Wildman–Crippen MR) is 96.2 cm³/mol. The van der Waals surface area contributed by atoms with E-state index in [2.05, 4.69) is 0 Å². The fourth-order valence-corrected chi connectivity index (χ4v) is 3.28. The van der Waals surface area contributed by atoms with Gasteiger partial charge in [-0.05, 0) is 42.8 Å². The molecule has 6 nitrogen and oxygen atoms in total. The number of rotatable bonds is 8. The maximum Gasteiger partial charge on any atom is 0.316 e. The minimum atomic E-state index is -3.72. The lowest BCUT2D eigenvalue weighted by atomic mass is 10.2. The Hall–Kier alpha value is -2.03. The van der Waals surface area contributed by atoms with Crippen molar-refractivity contribution in [3.05, 3.63) is 54.1 Å². The van der Waals surface area contributed by atoms with Crippen molar-refractivity contribution in [3.63, 3.8) is 0 Å². The molecule has 2 N–H and O–H groups in total. The lowest BCUT2D eigenvalue weighted by Gasteiger charge is -2.08. The summed E-state index contributed by atoms with van der Waals surface area (Å²) in [5.41, 5.74) is 1.12. The van der Waals surface area contributed by atoms with Gasteiger partial charge >= 0.3 is 5.97 Å². The minimum Gasteiger partial charge on any atom is -0.490 e.